The minimum atomic E-state index is -0.158. The summed E-state index contributed by atoms with van der Waals surface area (Å²) in [6, 6.07) is 14.3. The van der Waals surface area contributed by atoms with Crippen LogP contribution in [0.5, 0.6) is 0 Å². The van der Waals surface area contributed by atoms with Gasteiger partial charge in [-0.2, -0.15) is 0 Å². The molecule has 1 aromatic heterocycles. The second-order valence-electron chi connectivity index (χ2n) is 6.68. The summed E-state index contributed by atoms with van der Waals surface area (Å²) in [5.74, 6) is 0.600. The number of aryl methyl sites for hydroxylation is 1. The molecule has 114 valence electrons. The molecule has 2 aromatic carbocycles. The first-order chi connectivity index (χ1) is 11.0. The van der Waals surface area contributed by atoms with Crippen LogP contribution in [0.15, 0.2) is 47.5 Å². The van der Waals surface area contributed by atoms with Crippen molar-refractivity contribution >= 4 is 16.7 Å². The van der Waals surface area contributed by atoms with Gasteiger partial charge in [0.25, 0.3) is 0 Å². The highest BCUT2D eigenvalue weighted by Crippen LogP contribution is 2.28. The zero-order valence-electron chi connectivity index (χ0n) is 13.5. The minimum absolute atomic E-state index is 0.158. The first kappa shape index (κ1) is 14.0. The molecule has 23 heavy (non-hydrogen) atoms. The second kappa shape index (κ2) is 4.95. The van der Waals surface area contributed by atoms with Gasteiger partial charge in [0.1, 0.15) is 11.2 Å². The van der Waals surface area contributed by atoms with E-state index in [2.05, 4.69) is 42.2 Å². The Labute approximate surface area is 135 Å². The summed E-state index contributed by atoms with van der Waals surface area (Å²) < 4.78 is 0. The summed E-state index contributed by atoms with van der Waals surface area (Å²) in [6.45, 7) is 6.30. The minimum Gasteiger partial charge on any atom is -0.274 e. The molecule has 0 saturated heterocycles. The third-order valence-electron chi connectivity index (χ3n) is 4.21. The van der Waals surface area contributed by atoms with Gasteiger partial charge in [0.15, 0.2) is 0 Å². The molecular formula is C19H18N4. The van der Waals surface area contributed by atoms with Gasteiger partial charge in [-0.05, 0) is 44.4 Å². The molecular weight excluding hydrogens is 284 g/mol. The largest absolute Gasteiger partial charge is 0.274 e. The van der Waals surface area contributed by atoms with E-state index in [1.165, 1.54) is 5.56 Å². The van der Waals surface area contributed by atoms with Crippen molar-refractivity contribution in [3.05, 3.63) is 65.0 Å². The number of hydrogen-bond acceptors (Lipinski definition) is 4. The Morgan fingerprint density at radius 1 is 0.957 bits per heavy atom. The van der Waals surface area contributed by atoms with Gasteiger partial charge >= 0.3 is 0 Å². The summed E-state index contributed by atoms with van der Waals surface area (Å²) in [5.41, 5.74) is 5.87. The van der Waals surface area contributed by atoms with Crippen molar-refractivity contribution in [1.82, 2.24) is 15.2 Å². The number of aromatic nitrogens is 3. The third-order valence-corrected chi connectivity index (χ3v) is 4.21. The summed E-state index contributed by atoms with van der Waals surface area (Å²) in [7, 11) is 0. The zero-order valence-corrected chi connectivity index (χ0v) is 13.5. The maximum atomic E-state index is 4.91. The van der Waals surface area contributed by atoms with Gasteiger partial charge in [-0.25, -0.2) is 4.98 Å². The van der Waals surface area contributed by atoms with E-state index in [9.17, 15) is 0 Å². The molecule has 0 unspecified atom stereocenters. The third kappa shape index (κ3) is 2.40. The molecule has 0 bridgehead atoms. The van der Waals surface area contributed by atoms with E-state index in [0.29, 0.717) is 5.82 Å². The summed E-state index contributed by atoms with van der Waals surface area (Å²) in [5, 5.41) is 8.75. The predicted octanol–water partition coefficient (Wildman–Crippen LogP) is 3.51. The van der Waals surface area contributed by atoms with Crippen LogP contribution < -0.4 is 0 Å². The Bertz CT molecular complexity index is 941. The lowest BCUT2D eigenvalue weighted by Gasteiger charge is -2.28. The molecule has 0 aliphatic carbocycles. The lowest BCUT2D eigenvalue weighted by Crippen LogP contribution is -2.30. The van der Waals surface area contributed by atoms with Crippen LogP contribution in [0, 0.1) is 6.92 Å². The van der Waals surface area contributed by atoms with Crippen molar-refractivity contribution < 1.29 is 0 Å². The fourth-order valence-corrected chi connectivity index (χ4v) is 3.14. The Balaban J connectivity index is 1.94. The van der Waals surface area contributed by atoms with Crippen LogP contribution in [0.4, 0.5) is 0 Å². The van der Waals surface area contributed by atoms with Gasteiger partial charge in [-0.15, -0.1) is 10.2 Å². The number of rotatable bonds is 1. The molecule has 0 radical (unpaired) electrons. The van der Waals surface area contributed by atoms with Crippen LogP contribution in [0.2, 0.25) is 0 Å². The van der Waals surface area contributed by atoms with E-state index < -0.39 is 0 Å². The SMILES string of the molecule is Cc1cccc2nc(C3=NC(C)(C)Cc4ccccc43)nnc12. The molecule has 0 fully saturated rings. The van der Waals surface area contributed by atoms with Crippen LogP contribution in [0.25, 0.3) is 11.0 Å². The smallest absolute Gasteiger partial charge is 0.201 e. The van der Waals surface area contributed by atoms with E-state index in [0.717, 1.165) is 34.3 Å². The molecule has 0 amide bonds. The average molecular weight is 302 g/mol. The number of hydrogen-bond donors (Lipinski definition) is 0. The van der Waals surface area contributed by atoms with Crippen molar-refractivity contribution in [3.63, 3.8) is 0 Å². The fourth-order valence-electron chi connectivity index (χ4n) is 3.14. The number of benzene rings is 2. The van der Waals surface area contributed by atoms with Crippen molar-refractivity contribution in [1.29, 1.82) is 0 Å². The highest BCUT2D eigenvalue weighted by Gasteiger charge is 2.28. The van der Waals surface area contributed by atoms with Crippen molar-refractivity contribution in [2.75, 3.05) is 0 Å². The first-order valence-corrected chi connectivity index (χ1v) is 7.82. The van der Waals surface area contributed by atoms with E-state index in [4.69, 9.17) is 9.98 Å². The van der Waals surface area contributed by atoms with Crippen molar-refractivity contribution in [2.24, 2.45) is 4.99 Å². The second-order valence-corrected chi connectivity index (χ2v) is 6.68. The molecule has 4 rings (SSSR count). The highest BCUT2D eigenvalue weighted by molar-refractivity contribution is 6.12. The van der Waals surface area contributed by atoms with Crippen molar-refractivity contribution in [3.8, 4) is 0 Å². The molecule has 0 spiro atoms. The molecule has 1 aliphatic heterocycles. The first-order valence-electron chi connectivity index (χ1n) is 7.82. The standard InChI is InChI=1S/C19H18N4/c1-12-7-6-10-15-16(12)22-23-18(20-15)17-14-9-5-4-8-13(14)11-19(2,3)21-17/h4-10H,11H2,1-3H3. The number of fused-ring (bicyclic) bond motifs is 2. The van der Waals surface area contributed by atoms with Crippen LogP contribution in [0.1, 0.15) is 36.4 Å². The van der Waals surface area contributed by atoms with Crippen LogP contribution in [-0.2, 0) is 6.42 Å². The lowest BCUT2D eigenvalue weighted by atomic mass is 9.87. The molecule has 4 nitrogen and oxygen atoms in total. The van der Waals surface area contributed by atoms with Crippen molar-refractivity contribution in [2.45, 2.75) is 32.7 Å². The molecule has 0 atom stereocenters. The van der Waals surface area contributed by atoms with E-state index in [-0.39, 0.29) is 5.54 Å². The molecule has 2 heterocycles. The van der Waals surface area contributed by atoms with Crippen LogP contribution in [0.3, 0.4) is 0 Å². The number of nitrogens with zero attached hydrogens (tertiary/aromatic N) is 4. The molecule has 0 N–H and O–H groups in total. The maximum Gasteiger partial charge on any atom is 0.201 e. The Morgan fingerprint density at radius 3 is 2.65 bits per heavy atom. The molecule has 3 aromatic rings. The van der Waals surface area contributed by atoms with Gasteiger partial charge in [0, 0.05) is 5.56 Å². The molecule has 0 saturated carbocycles. The Hall–Kier alpha value is -2.62. The zero-order chi connectivity index (χ0) is 16.0. The Morgan fingerprint density at radius 2 is 1.78 bits per heavy atom. The normalized spacial score (nSPS) is 16.0. The van der Waals surface area contributed by atoms with Crippen LogP contribution in [-0.4, -0.2) is 26.4 Å². The van der Waals surface area contributed by atoms with Gasteiger partial charge in [0.2, 0.25) is 5.82 Å². The van der Waals surface area contributed by atoms with Gasteiger partial charge in [-0.3, -0.25) is 4.99 Å². The van der Waals surface area contributed by atoms with E-state index >= 15 is 0 Å². The van der Waals surface area contributed by atoms with Gasteiger partial charge in [0.05, 0.1) is 11.1 Å². The highest BCUT2D eigenvalue weighted by atomic mass is 15.2. The van der Waals surface area contributed by atoms with E-state index in [1.807, 2.05) is 31.2 Å². The fraction of sp³-hybridized carbons (Fsp3) is 0.263. The quantitative estimate of drug-likeness (QED) is 0.691. The van der Waals surface area contributed by atoms with Gasteiger partial charge < -0.3 is 0 Å². The molecule has 1 aliphatic rings. The summed E-state index contributed by atoms with van der Waals surface area (Å²) in [6.07, 6.45) is 0.923. The van der Waals surface area contributed by atoms with Crippen LogP contribution >= 0.6 is 0 Å². The predicted molar refractivity (Wildman–Crippen MR) is 91.9 cm³/mol. The molecule has 4 heteroatoms. The van der Waals surface area contributed by atoms with Gasteiger partial charge in [-0.1, -0.05) is 36.4 Å². The maximum absolute atomic E-state index is 4.91. The number of aliphatic imine (C=N–C) groups is 1. The summed E-state index contributed by atoms with van der Waals surface area (Å²) in [4.78, 5) is 9.63. The monoisotopic (exact) mass is 302 g/mol. The summed E-state index contributed by atoms with van der Waals surface area (Å²) >= 11 is 0. The topological polar surface area (TPSA) is 51.0 Å². The van der Waals surface area contributed by atoms with E-state index in [1.54, 1.807) is 0 Å². The Kier molecular flexibility index (Phi) is 3.01. The lowest BCUT2D eigenvalue weighted by molar-refractivity contribution is 0.513. The average Bonchev–Trinajstić information content (AvgIpc) is 2.53.